The third-order valence-corrected chi connectivity index (χ3v) is 2.84. The van der Waals surface area contributed by atoms with Crippen molar-refractivity contribution in [3.8, 4) is 0 Å². The predicted octanol–water partition coefficient (Wildman–Crippen LogP) is 0.463. The largest absolute Gasteiger partial charge is 0.481 e. The fourth-order valence-electron chi connectivity index (χ4n) is 2.11. The van der Waals surface area contributed by atoms with Crippen molar-refractivity contribution in [3.63, 3.8) is 0 Å². The molecule has 0 saturated heterocycles. The third kappa shape index (κ3) is 1.68. The summed E-state index contributed by atoms with van der Waals surface area (Å²) in [6.07, 6.45) is 0.638. The molecule has 0 bridgehead atoms. The molecule has 0 saturated carbocycles. The number of hydrogen-bond donors (Lipinski definition) is 2. The number of aryl methyl sites for hydroxylation is 1. The summed E-state index contributed by atoms with van der Waals surface area (Å²) in [5.41, 5.74) is 1.52. The van der Waals surface area contributed by atoms with Gasteiger partial charge in [0.25, 0.3) is 5.56 Å². The lowest BCUT2D eigenvalue weighted by molar-refractivity contribution is -0.136. The first-order valence-electron chi connectivity index (χ1n) is 5.34. The zero-order valence-corrected chi connectivity index (χ0v) is 9.12. The lowest BCUT2D eigenvalue weighted by Crippen LogP contribution is -2.20. The number of nitrogens with zero attached hydrogens (tertiary/aromatic N) is 1. The molecule has 0 aliphatic carbocycles. The molecule has 0 fully saturated rings. The first-order valence-corrected chi connectivity index (χ1v) is 5.34. The molecule has 0 amide bonds. The third-order valence-electron chi connectivity index (χ3n) is 2.84. The van der Waals surface area contributed by atoms with E-state index >= 15 is 0 Å². The molecule has 0 aromatic carbocycles. The molecule has 5 heteroatoms. The van der Waals surface area contributed by atoms with E-state index in [0.717, 1.165) is 11.1 Å². The predicted molar refractivity (Wildman–Crippen MR) is 59.9 cm³/mol. The number of nitrogens with one attached hydrogen (secondary N) is 1. The second-order valence-corrected chi connectivity index (χ2v) is 3.84. The van der Waals surface area contributed by atoms with Gasteiger partial charge in [0.1, 0.15) is 5.82 Å². The van der Waals surface area contributed by atoms with Crippen LogP contribution in [0.15, 0.2) is 10.9 Å². The Hall–Kier alpha value is -1.78. The number of fused-ring (bicyclic) bond motifs is 1. The zero-order chi connectivity index (χ0) is 11.7. The Kier molecular flexibility index (Phi) is 2.68. The minimum Gasteiger partial charge on any atom is -0.481 e. The van der Waals surface area contributed by atoms with Crippen LogP contribution in [-0.4, -0.2) is 22.2 Å². The maximum Gasteiger partial charge on any atom is 0.307 e. The van der Waals surface area contributed by atoms with Crippen molar-refractivity contribution >= 4 is 11.8 Å². The SMILES string of the molecule is CCc1cc(=O)n2c(c1CC(=O)O)NCC2. The van der Waals surface area contributed by atoms with Crippen LogP contribution in [0.2, 0.25) is 0 Å². The molecular weight excluding hydrogens is 208 g/mol. The van der Waals surface area contributed by atoms with Crippen LogP contribution in [0.5, 0.6) is 0 Å². The first-order chi connectivity index (χ1) is 7.63. The van der Waals surface area contributed by atoms with Gasteiger partial charge >= 0.3 is 5.97 Å². The topological polar surface area (TPSA) is 71.3 Å². The average molecular weight is 222 g/mol. The van der Waals surface area contributed by atoms with Crippen molar-refractivity contribution in [2.24, 2.45) is 0 Å². The van der Waals surface area contributed by atoms with E-state index in [2.05, 4.69) is 5.32 Å². The molecule has 0 radical (unpaired) electrons. The van der Waals surface area contributed by atoms with Crippen molar-refractivity contribution in [3.05, 3.63) is 27.5 Å². The number of carboxylic acids is 1. The van der Waals surface area contributed by atoms with Gasteiger partial charge in [-0.2, -0.15) is 0 Å². The molecular formula is C11H14N2O3. The maximum atomic E-state index is 11.7. The molecule has 16 heavy (non-hydrogen) atoms. The average Bonchev–Trinajstić information content (AvgIpc) is 2.70. The number of pyridine rings is 1. The zero-order valence-electron chi connectivity index (χ0n) is 9.12. The van der Waals surface area contributed by atoms with Crippen molar-refractivity contribution in [2.75, 3.05) is 11.9 Å². The van der Waals surface area contributed by atoms with Gasteiger partial charge in [-0.3, -0.25) is 14.2 Å². The molecule has 0 spiro atoms. The van der Waals surface area contributed by atoms with Crippen LogP contribution in [0.3, 0.4) is 0 Å². The Morgan fingerprint density at radius 2 is 2.38 bits per heavy atom. The number of aliphatic carboxylic acids is 1. The summed E-state index contributed by atoms with van der Waals surface area (Å²) in [5, 5.41) is 12.0. The molecule has 2 heterocycles. The summed E-state index contributed by atoms with van der Waals surface area (Å²) >= 11 is 0. The second-order valence-electron chi connectivity index (χ2n) is 3.84. The lowest BCUT2D eigenvalue weighted by Gasteiger charge is -2.12. The fraction of sp³-hybridized carbons (Fsp3) is 0.455. The van der Waals surface area contributed by atoms with E-state index in [-0.39, 0.29) is 12.0 Å². The molecule has 0 atom stereocenters. The van der Waals surface area contributed by atoms with Crippen LogP contribution in [0, 0.1) is 0 Å². The summed E-state index contributed by atoms with van der Waals surface area (Å²) in [4.78, 5) is 22.5. The van der Waals surface area contributed by atoms with Gasteiger partial charge in [-0.15, -0.1) is 0 Å². The monoisotopic (exact) mass is 222 g/mol. The lowest BCUT2D eigenvalue weighted by atomic mass is 10.0. The van der Waals surface area contributed by atoms with Crippen LogP contribution in [0.1, 0.15) is 18.1 Å². The number of hydrogen-bond acceptors (Lipinski definition) is 3. The van der Waals surface area contributed by atoms with Gasteiger partial charge in [0, 0.05) is 24.7 Å². The van der Waals surface area contributed by atoms with Crippen LogP contribution in [-0.2, 0) is 24.2 Å². The van der Waals surface area contributed by atoms with E-state index < -0.39 is 5.97 Å². The van der Waals surface area contributed by atoms with Gasteiger partial charge in [0.2, 0.25) is 0 Å². The quantitative estimate of drug-likeness (QED) is 0.779. The van der Waals surface area contributed by atoms with Crippen molar-refractivity contribution in [2.45, 2.75) is 26.3 Å². The number of carbonyl (C=O) groups is 1. The van der Waals surface area contributed by atoms with Gasteiger partial charge in [-0.25, -0.2) is 0 Å². The highest BCUT2D eigenvalue weighted by molar-refractivity contribution is 5.73. The number of carboxylic acid groups (broad SMARTS) is 1. The molecule has 1 aliphatic heterocycles. The Bertz CT molecular complexity index is 491. The smallest absolute Gasteiger partial charge is 0.307 e. The fourth-order valence-corrected chi connectivity index (χ4v) is 2.11. The Morgan fingerprint density at radius 1 is 1.62 bits per heavy atom. The molecule has 0 unspecified atom stereocenters. The Labute approximate surface area is 92.7 Å². The summed E-state index contributed by atoms with van der Waals surface area (Å²) in [5.74, 6) is -0.184. The van der Waals surface area contributed by atoms with Crippen LogP contribution >= 0.6 is 0 Å². The number of anilines is 1. The van der Waals surface area contributed by atoms with Crippen LogP contribution < -0.4 is 10.9 Å². The van der Waals surface area contributed by atoms with Crippen LogP contribution in [0.4, 0.5) is 5.82 Å². The molecule has 1 aliphatic rings. The summed E-state index contributed by atoms with van der Waals surface area (Å²) in [6, 6.07) is 1.55. The van der Waals surface area contributed by atoms with E-state index in [1.165, 1.54) is 0 Å². The number of aromatic nitrogens is 1. The van der Waals surface area contributed by atoms with Crippen molar-refractivity contribution in [1.82, 2.24) is 4.57 Å². The van der Waals surface area contributed by atoms with E-state index in [1.807, 2.05) is 6.92 Å². The van der Waals surface area contributed by atoms with Gasteiger partial charge in [0.05, 0.1) is 6.42 Å². The standard InChI is InChI=1S/C11H14N2O3/c1-2-7-5-9(14)13-4-3-12-11(13)8(7)6-10(15)16/h5,12H,2-4,6H2,1H3,(H,15,16). The summed E-state index contributed by atoms with van der Waals surface area (Å²) in [7, 11) is 0. The number of rotatable bonds is 3. The van der Waals surface area contributed by atoms with Gasteiger partial charge in [-0.05, 0) is 12.0 Å². The van der Waals surface area contributed by atoms with E-state index in [9.17, 15) is 9.59 Å². The Balaban J connectivity index is 2.60. The molecule has 1 aromatic heterocycles. The van der Waals surface area contributed by atoms with E-state index in [1.54, 1.807) is 10.6 Å². The minimum atomic E-state index is -0.871. The highest BCUT2D eigenvalue weighted by Crippen LogP contribution is 2.22. The van der Waals surface area contributed by atoms with Crippen LogP contribution in [0.25, 0.3) is 0 Å². The first kappa shape index (κ1) is 10.7. The van der Waals surface area contributed by atoms with Crippen molar-refractivity contribution in [1.29, 1.82) is 0 Å². The molecule has 2 N–H and O–H groups in total. The second kappa shape index (κ2) is 4.00. The van der Waals surface area contributed by atoms with E-state index in [0.29, 0.717) is 25.3 Å². The van der Waals surface area contributed by atoms with Crippen molar-refractivity contribution < 1.29 is 9.90 Å². The molecule has 1 aromatic rings. The highest BCUT2D eigenvalue weighted by atomic mass is 16.4. The summed E-state index contributed by atoms with van der Waals surface area (Å²) in [6.45, 7) is 3.23. The molecule has 86 valence electrons. The van der Waals surface area contributed by atoms with E-state index in [4.69, 9.17) is 5.11 Å². The van der Waals surface area contributed by atoms with Gasteiger partial charge in [0.15, 0.2) is 0 Å². The Morgan fingerprint density at radius 3 is 3.00 bits per heavy atom. The minimum absolute atomic E-state index is 0.0359. The highest BCUT2D eigenvalue weighted by Gasteiger charge is 2.20. The molecule has 5 nitrogen and oxygen atoms in total. The maximum absolute atomic E-state index is 11.7. The normalized spacial score (nSPS) is 13.3. The van der Waals surface area contributed by atoms with Gasteiger partial charge in [-0.1, -0.05) is 6.92 Å². The summed E-state index contributed by atoms with van der Waals surface area (Å²) < 4.78 is 1.61. The van der Waals surface area contributed by atoms with Gasteiger partial charge < -0.3 is 10.4 Å². The molecule has 2 rings (SSSR count).